The van der Waals surface area contributed by atoms with Gasteiger partial charge in [0.15, 0.2) is 0 Å². The van der Waals surface area contributed by atoms with Crippen LogP contribution in [0.4, 0.5) is 0 Å². The van der Waals surface area contributed by atoms with Gasteiger partial charge in [0, 0.05) is 17.5 Å². The Balaban J connectivity index is 2.02. The first-order valence-corrected chi connectivity index (χ1v) is 6.06. The van der Waals surface area contributed by atoms with Gasteiger partial charge in [-0.1, -0.05) is 11.6 Å². The molecule has 4 heteroatoms. The van der Waals surface area contributed by atoms with E-state index < -0.39 is 0 Å². The molecular weight excluding hydrogens is 218 g/mol. The van der Waals surface area contributed by atoms with Crippen LogP contribution in [-0.2, 0) is 6.42 Å². The Morgan fingerprint density at radius 1 is 1.79 bits per heavy atom. The predicted molar refractivity (Wildman–Crippen MR) is 60.1 cm³/mol. The molecule has 1 unspecified atom stereocenters. The Bertz CT molecular complexity index is 324. The van der Waals surface area contributed by atoms with Gasteiger partial charge in [0.05, 0.1) is 10.4 Å². The number of hydrogen-bond donors (Lipinski definition) is 2. The van der Waals surface area contributed by atoms with E-state index in [0.29, 0.717) is 12.6 Å². The van der Waals surface area contributed by atoms with Crippen LogP contribution in [0, 0.1) is 0 Å². The molecule has 14 heavy (non-hydrogen) atoms. The molecule has 2 N–H and O–H groups in total. The maximum Gasteiger partial charge on any atom is 0.0934 e. The van der Waals surface area contributed by atoms with Crippen LogP contribution in [0.3, 0.4) is 0 Å². The van der Waals surface area contributed by atoms with Gasteiger partial charge in [0.1, 0.15) is 0 Å². The lowest BCUT2D eigenvalue weighted by Gasteiger charge is -2.13. The average molecular weight is 232 g/mol. The van der Waals surface area contributed by atoms with Crippen LogP contribution in [0.1, 0.15) is 29.8 Å². The summed E-state index contributed by atoms with van der Waals surface area (Å²) in [5.74, 6) is 0. The monoisotopic (exact) mass is 231 g/mol. The van der Waals surface area contributed by atoms with Gasteiger partial charge < -0.3 is 10.4 Å². The molecular formula is C10H14ClNOS. The van der Waals surface area contributed by atoms with Gasteiger partial charge in [0.2, 0.25) is 0 Å². The molecule has 0 aromatic carbocycles. The maximum absolute atomic E-state index is 9.18. The quantitative estimate of drug-likeness (QED) is 0.837. The highest BCUT2D eigenvalue weighted by Gasteiger charge is 2.24. The number of rotatable bonds is 3. The minimum Gasteiger partial charge on any atom is -0.392 e. The Kier molecular flexibility index (Phi) is 3.12. The highest BCUT2D eigenvalue weighted by molar-refractivity contribution is 7.16. The number of halogens is 1. The Morgan fingerprint density at radius 2 is 2.57 bits per heavy atom. The van der Waals surface area contributed by atoms with Crippen LogP contribution in [0.25, 0.3) is 0 Å². The van der Waals surface area contributed by atoms with Crippen molar-refractivity contribution in [2.24, 2.45) is 0 Å². The van der Waals surface area contributed by atoms with Gasteiger partial charge in [-0.25, -0.2) is 0 Å². The molecule has 1 heterocycles. The number of thiophene rings is 1. The van der Waals surface area contributed by atoms with E-state index in [1.165, 1.54) is 10.4 Å². The molecule has 0 bridgehead atoms. The summed E-state index contributed by atoms with van der Waals surface area (Å²) >= 11 is 7.63. The molecule has 2 atom stereocenters. The van der Waals surface area contributed by atoms with Crippen LogP contribution in [0.2, 0.25) is 4.34 Å². The van der Waals surface area contributed by atoms with Crippen molar-refractivity contribution in [1.29, 1.82) is 0 Å². The molecule has 0 spiro atoms. The maximum atomic E-state index is 9.18. The van der Waals surface area contributed by atoms with Crippen LogP contribution in [0.15, 0.2) is 6.07 Å². The molecule has 0 radical (unpaired) electrons. The zero-order chi connectivity index (χ0) is 10.1. The third kappa shape index (κ3) is 2.11. The van der Waals surface area contributed by atoms with Crippen LogP contribution >= 0.6 is 22.9 Å². The summed E-state index contributed by atoms with van der Waals surface area (Å²) < 4.78 is 0.874. The third-order valence-electron chi connectivity index (χ3n) is 2.51. The molecule has 1 aliphatic rings. The Hall–Kier alpha value is -0.0900. The van der Waals surface area contributed by atoms with Gasteiger partial charge in [-0.3, -0.25) is 0 Å². The van der Waals surface area contributed by atoms with E-state index in [1.807, 2.05) is 6.07 Å². The first-order chi connectivity index (χ1) is 6.66. The first-order valence-electron chi connectivity index (χ1n) is 4.86. The number of aryl methyl sites for hydroxylation is 1. The van der Waals surface area contributed by atoms with E-state index in [-0.39, 0.29) is 6.10 Å². The van der Waals surface area contributed by atoms with Crippen LogP contribution in [0.5, 0.6) is 0 Å². The standard InChI is InChI=1S/C10H14ClNOS/c1-6(13)5-12-8-2-3-9-7(8)4-10(11)14-9/h4,6,8,12-13H,2-3,5H2,1H3/t6-,8?/m1/s1. The van der Waals surface area contributed by atoms with E-state index in [2.05, 4.69) is 5.32 Å². The number of nitrogens with one attached hydrogen (secondary N) is 1. The molecule has 2 nitrogen and oxygen atoms in total. The normalized spacial score (nSPS) is 22.4. The lowest BCUT2D eigenvalue weighted by molar-refractivity contribution is 0.186. The predicted octanol–water partition coefficient (Wildman–Crippen LogP) is 2.36. The summed E-state index contributed by atoms with van der Waals surface area (Å²) in [5.41, 5.74) is 1.33. The number of hydrogen-bond acceptors (Lipinski definition) is 3. The smallest absolute Gasteiger partial charge is 0.0934 e. The second-order valence-corrected chi connectivity index (χ2v) is 5.55. The molecule has 78 valence electrons. The average Bonchev–Trinajstić information content (AvgIpc) is 2.60. The van der Waals surface area contributed by atoms with E-state index in [9.17, 15) is 5.11 Å². The molecule has 1 aliphatic carbocycles. The van der Waals surface area contributed by atoms with Crippen molar-refractivity contribution in [3.63, 3.8) is 0 Å². The molecule has 0 saturated heterocycles. The largest absolute Gasteiger partial charge is 0.392 e. The summed E-state index contributed by atoms with van der Waals surface area (Å²) in [6, 6.07) is 2.44. The minimum absolute atomic E-state index is 0.284. The van der Waals surface area contributed by atoms with Gasteiger partial charge >= 0.3 is 0 Å². The molecule has 0 saturated carbocycles. The molecule has 0 fully saturated rings. The summed E-state index contributed by atoms with van der Waals surface area (Å²) in [7, 11) is 0. The van der Waals surface area contributed by atoms with Gasteiger partial charge in [0.25, 0.3) is 0 Å². The first kappa shape index (κ1) is 10.4. The van der Waals surface area contributed by atoms with Gasteiger partial charge in [-0.05, 0) is 31.4 Å². The van der Waals surface area contributed by atoms with Crippen molar-refractivity contribution in [1.82, 2.24) is 5.32 Å². The third-order valence-corrected chi connectivity index (χ3v) is 3.85. The van der Waals surface area contributed by atoms with E-state index in [1.54, 1.807) is 18.3 Å². The van der Waals surface area contributed by atoms with Gasteiger partial charge in [-0.15, -0.1) is 11.3 Å². The lowest BCUT2D eigenvalue weighted by atomic mass is 10.2. The fourth-order valence-corrected chi connectivity index (χ4v) is 3.21. The lowest BCUT2D eigenvalue weighted by Crippen LogP contribution is -2.27. The highest BCUT2D eigenvalue weighted by Crippen LogP contribution is 2.39. The fraction of sp³-hybridized carbons (Fsp3) is 0.600. The van der Waals surface area contributed by atoms with E-state index in [4.69, 9.17) is 11.6 Å². The molecule has 1 aromatic heterocycles. The van der Waals surface area contributed by atoms with Crippen molar-refractivity contribution in [3.05, 3.63) is 20.8 Å². The molecule has 2 rings (SSSR count). The SMILES string of the molecule is C[C@@H](O)CNC1CCc2sc(Cl)cc21. The molecule has 1 aromatic rings. The Morgan fingerprint density at radius 3 is 3.29 bits per heavy atom. The Labute approximate surface area is 92.9 Å². The van der Waals surface area contributed by atoms with Gasteiger partial charge in [-0.2, -0.15) is 0 Å². The highest BCUT2D eigenvalue weighted by atomic mass is 35.5. The summed E-state index contributed by atoms with van der Waals surface area (Å²) in [5, 5.41) is 12.5. The van der Waals surface area contributed by atoms with Crippen LogP contribution in [-0.4, -0.2) is 17.8 Å². The molecule has 0 amide bonds. The zero-order valence-electron chi connectivity index (χ0n) is 8.09. The number of aliphatic hydroxyl groups is 1. The van der Waals surface area contributed by atoms with Crippen molar-refractivity contribution in [2.75, 3.05) is 6.54 Å². The second-order valence-electron chi connectivity index (χ2n) is 3.78. The topological polar surface area (TPSA) is 32.3 Å². The van der Waals surface area contributed by atoms with Crippen molar-refractivity contribution in [2.45, 2.75) is 31.9 Å². The fourth-order valence-electron chi connectivity index (χ4n) is 1.85. The molecule has 0 aliphatic heterocycles. The number of fused-ring (bicyclic) bond motifs is 1. The van der Waals surface area contributed by atoms with Crippen molar-refractivity contribution < 1.29 is 5.11 Å². The van der Waals surface area contributed by atoms with Crippen LogP contribution < -0.4 is 5.32 Å². The zero-order valence-corrected chi connectivity index (χ0v) is 9.66. The van der Waals surface area contributed by atoms with E-state index >= 15 is 0 Å². The van der Waals surface area contributed by atoms with Crippen molar-refractivity contribution in [3.8, 4) is 0 Å². The summed E-state index contributed by atoms with van der Waals surface area (Å²) in [4.78, 5) is 1.40. The van der Waals surface area contributed by atoms with E-state index in [0.717, 1.165) is 17.2 Å². The van der Waals surface area contributed by atoms with Crippen molar-refractivity contribution >= 4 is 22.9 Å². The second kappa shape index (κ2) is 4.19. The summed E-state index contributed by atoms with van der Waals surface area (Å²) in [6.07, 6.45) is 1.96. The number of aliphatic hydroxyl groups excluding tert-OH is 1. The summed E-state index contributed by atoms with van der Waals surface area (Å²) in [6.45, 7) is 2.45. The minimum atomic E-state index is -0.284.